The van der Waals surface area contributed by atoms with Gasteiger partial charge in [0.2, 0.25) is 0 Å². The molecule has 0 aromatic carbocycles. The van der Waals surface area contributed by atoms with E-state index in [1.54, 1.807) is 0 Å². The molecule has 2 heterocycles. The predicted molar refractivity (Wildman–Crippen MR) is 72.0 cm³/mol. The zero-order chi connectivity index (χ0) is 14.0. The summed E-state index contributed by atoms with van der Waals surface area (Å²) < 4.78 is 1.39. The molecule has 0 aliphatic rings. The first-order chi connectivity index (χ1) is 9.12. The maximum absolute atomic E-state index is 9.36. The third-order valence-corrected chi connectivity index (χ3v) is 3.14. The van der Waals surface area contributed by atoms with Gasteiger partial charge in [0.1, 0.15) is 16.7 Å². The fourth-order valence-electron chi connectivity index (χ4n) is 1.91. The number of rotatable bonds is 3. The molecule has 0 amide bonds. The number of anilines is 1. The Kier molecular flexibility index (Phi) is 3.67. The van der Waals surface area contributed by atoms with E-state index in [0.29, 0.717) is 22.8 Å². The topological polar surface area (TPSA) is 93.4 Å². The van der Waals surface area contributed by atoms with Crippen molar-refractivity contribution in [1.29, 1.82) is 5.26 Å². The number of aryl methyl sites for hydroxylation is 1. The number of hydrogen-bond acceptors (Lipinski definition) is 5. The molecular formula is C12H13ClN6. The number of aromatic nitrogens is 4. The van der Waals surface area contributed by atoms with E-state index in [9.17, 15) is 5.26 Å². The Hall–Kier alpha value is -2.13. The zero-order valence-electron chi connectivity index (χ0n) is 10.7. The molecule has 0 atom stereocenters. The SMILES string of the molecule is CCc1nnc(-n2cc(Cl)c(N)n2)c(C#N)c1CC. The van der Waals surface area contributed by atoms with E-state index in [2.05, 4.69) is 21.4 Å². The average Bonchev–Trinajstić information content (AvgIpc) is 2.76. The Morgan fingerprint density at radius 2 is 2.11 bits per heavy atom. The first kappa shape index (κ1) is 13.3. The van der Waals surface area contributed by atoms with Crippen molar-refractivity contribution in [3.8, 4) is 11.9 Å². The van der Waals surface area contributed by atoms with Crippen molar-refractivity contribution in [3.63, 3.8) is 0 Å². The van der Waals surface area contributed by atoms with Crippen LogP contribution in [0.2, 0.25) is 5.02 Å². The van der Waals surface area contributed by atoms with Gasteiger partial charge in [-0.05, 0) is 18.4 Å². The van der Waals surface area contributed by atoms with Crippen molar-refractivity contribution in [2.24, 2.45) is 0 Å². The van der Waals surface area contributed by atoms with Crippen LogP contribution in [0.25, 0.3) is 5.82 Å². The highest BCUT2D eigenvalue weighted by Gasteiger charge is 2.17. The van der Waals surface area contributed by atoms with Crippen LogP contribution in [-0.4, -0.2) is 20.0 Å². The molecule has 0 saturated heterocycles. The highest BCUT2D eigenvalue weighted by molar-refractivity contribution is 6.32. The third-order valence-electron chi connectivity index (χ3n) is 2.85. The van der Waals surface area contributed by atoms with Crippen molar-refractivity contribution in [3.05, 3.63) is 28.0 Å². The summed E-state index contributed by atoms with van der Waals surface area (Å²) in [6, 6.07) is 2.17. The van der Waals surface area contributed by atoms with Crippen LogP contribution in [0.4, 0.5) is 5.82 Å². The van der Waals surface area contributed by atoms with Gasteiger partial charge in [0, 0.05) is 0 Å². The quantitative estimate of drug-likeness (QED) is 0.924. The Morgan fingerprint density at radius 3 is 2.58 bits per heavy atom. The number of hydrogen-bond donors (Lipinski definition) is 1. The van der Waals surface area contributed by atoms with Crippen LogP contribution in [0, 0.1) is 11.3 Å². The summed E-state index contributed by atoms with van der Waals surface area (Å²) in [6.45, 7) is 3.96. The summed E-state index contributed by atoms with van der Waals surface area (Å²) in [6.07, 6.45) is 2.96. The third kappa shape index (κ3) is 2.25. The van der Waals surface area contributed by atoms with Gasteiger partial charge in [-0.3, -0.25) is 0 Å². The first-order valence-electron chi connectivity index (χ1n) is 5.91. The Morgan fingerprint density at radius 1 is 1.37 bits per heavy atom. The molecular weight excluding hydrogens is 264 g/mol. The van der Waals surface area contributed by atoms with Gasteiger partial charge < -0.3 is 5.73 Å². The fraction of sp³-hybridized carbons (Fsp3) is 0.333. The first-order valence-corrected chi connectivity index (χ1v) is 6.29. The number of halogens is 1. The van der Waals surface area contributed by atoms with Crippen molar-refractivity contribution >= 4 is 17.4 Å². The summed E-state index contributed by atoms with van der Waals surface area (Å²) in [7, 11) is 0. The van der Waals surface area contributed by atoms with Gasteiger partial charge in [-0.2, -0.15) is 10.4 Å². The van der Waals surface area contributed by atoms with Crippen LogP contribution >= 0.6 is 11.6 Å². The molecule has 98 valence electrons. The Labute approximate surface area is 115 Å². The highest BCUT2D eigenvalue weighted by atomic mass is 35.5. The van der Waals surface area contributed by atoms with E-state index in [1.807, 2.05) is 13.8 Å². The van der Waals surface area contributed by atoms with E-state index in [0.717, 1.165) is 17.7 Å². The number of nitrogens with two attached hydrogens (primary N) is 1. The number of nitriles is 1. The summed E-state index contributed by atoms with van der Waals surface area (Å²) in [4.78, 5) is 0. The number of nitrogens with zero attached hydrogens (tertiary/aromatic N) is 5. The standard InChI is InChI=1S/C12H13ClN6/c1-3-7-8(5-14)12(17-16-10(7)4-2)19-6-9(13)11(15)18-19/h6H,3-4H2,1-2H3,(H2,15,18). The molecule has 0 unspecified atom stereocenters. The van der Waals surface area contributed by atoms with Crippen LogP contribution < -0.4 is 5.73 Å². The van der Waals surface area contributed by atoms with Crippen LogP contribution in [0.3, 0.4) is 0 Å². The zero-order valence-corrected chi connectivity index (χ0v) is 11.4. The summed E-state index contributed by atoms with van der Waals surface area (Å²) in [5.74, 6) is 0.556. The van der Waals surface area contributed by atoms with Crippen molar-refractivity contribution in [2.75, 3.05) is 5.73 Å². The molecule has 0 radical (unpaired) electrons. The summed E-state index contributed by atoms with van der Waals surface area (Å²) >= 11 is 5.87. The van der Waals surface area contributed by atoms with Gasteiger partial charge >= 0.3 is 0 Å². The fourth-order valence-corrected chi connectivity index (χ4v) is 2.05. The van der Waals surface area contributed by atoms with Gasteiger partial charge in [0.15, 0.2) is 11.6 Å². The van der Waals surface area contributed by atoms with Crippen molar-refractivity contribution < 1.29 is 0 Å². The van der Waals surface area contributed by atoms with Crippen LogP contribution in [-0.2, 0) is 12.8 Å². The average molecular weight is 277 g/mol. The molecule has 0 aliphatic heterocycles. The molecule has 0 aliphatic carbocycles. The lowest BCUT2D eigenvalue weighted by atomic mass is 10.0. The maximum Gasteiger partial charge on any atom is 0.194 e. The van der Waals surface area contributed by atoms with Crippen molar-refractivity contribution in [2.45, 2.75) is 26.7 Å². The smallest absolute Gasteiger partial charge is 0.194 e. The molecule has 19 heavy (non-hydrogen) atoms. The van der Waals surface area contributed by atoms with Gasteiger partial charge in [-0.25, -0.2) is 4.68 Å². The van der Waals surface area contributed by atoms with Crippen LogP contribution in [0.5, 0.6) is 0 Å². The van der Waals surface area contributed by atoms with E-state index in [-0.39, 0.29) is 5.82 Å². The molecule has 2 aromatic heterocycles. The van der Waals surface area contributed by atoms with Gasteiger partial charge in [-0.15, -0.1) is 10.2 Å². The van der Waals surface area contributed by atoms with Gasteiger partial charge in [0.05, 0.1) is 11.9 Å². The lowest BCUT2D eigenvalue weighted by Gasteiger charge is -2.09. The van der Waals surface area contributed by atoms with Crippen LogP contribution in [0.15, 0.2) is 6.20 Å². The minimum Gasteiger partial charge on any atom is -0.381 e. The summed E-state index contributed by atoms with van der Waals surface area (Å²) in [5, 5.41) is 21.9. The molecule has 0 saturated carbocycles. The Bertz CT molecular complexity index is 635. The highest BCUT2D eigenvalue weighted by Crippen LogP contribution is 2.22. The second-order valence-corrected chi connectivity index (χ2v) is 4.36. The van der Waals surface area contributed by atoms with E-state index >= 15 is 0 Å². The summed E-state index contributed by atoms with van der Waals surface area (Å²) in [5.41, 5.74) is 7.78. The Balaban J connectivity index is 2.68. The lowest BCUT2D eigenvalue weighted by molar-refractivity contribution is 0.780. The van der Waals surface area contributed by atoms with Gasteiger partial charge in [-0.1, -0.05) is 25.4 Å². The molecule has 2 N–H and O–H groups in total. The molecule has 7 heteroatoms. The second-order valence-electron chi connectivity index (χ2n) is 3.95. The maximum atomic E-state index is 9.36. The largest absolute Gasteiger partial charge is 0.381 e. The monoisotopic (exact) mass is 276 g/mol. The van der Waals surface area contributed by atoms with E-state index in [1.165, 1.54) is 10.9 Å². The molecule has 0 spiro atoms. The molecule has 6 nitrogen and oxygen atoms in total. The minimum atomic E-state index is 0.199. The minimum absolute atomic E-state index is 0.199. The molecule has 0 fully saturated rings. The van der Waals surface area contributed by atoms with Crippen LogP contribution in [0.1, 0.15) is 30.7 Å². The second kappa shape index (κ2) is 5.24. The lowest BCUT2D eigenvalue weighted by Crippen LogP contribution is -2.10. The van der Waals surface area contributed by atoms with Crippen molar-refractivity contribution in [1.82, 2.24) is 20.0 Å². The van der Waals surface area contributed by atoms with E-state index in [4.69, 9.17) is 17.3 Å². The molecule has 2 rings (SSSR count). The predicted octanol–water partition coefficient (Wildman–Crippen LogP) is 1.89. The van der Waals surface area contributed by atoms with E-state index < -0.39 is 0 Å². The molecule has 2 aromatic rings. The molecule has 0 bridgehead atoms. The normalized spacial score (nSPS) is 10.4. The van der Waals surface area contributed by atoms with Gasteiger partial charge in [0.25, 0.3) is 0 Å². The number of nitrogen functional groups attached to an aromatic ring is 1.